The lowest BCUT2D eigenvalue weighted by atomic mass is 9.96. The van der Waals surface area contributed by atoms with Gasteiger partial charge in [-0.25, -0.2) is 4.98 Å². The first-order valence-corrected chi connectivity index (χ1v) is 5.32. The van der Waals surface area contributed by atoms with Gasteiger partial charge >= 0.3 is 5.97 Å². The normalized spacial score (nSPS) is 17.8. The Morgan fingerprint density at radius 2 is 2.29 bits per heavy atom. The maximum absolute atomic E-state index is 11.0. The van der Waals surface area contributed by atoms with Gasteiger partial charge in [0.15, 0.2) is 0 Å². The van der Waals surface area contributed by atoms with Crippen molar-refractivity contribution in [1.82, 2.24) is 4.98 Å². The summed E-state index contributed by atoms with van der Waals surface area (Å²) in [5.41, 5.74) is 0.809. The Morgan fingerprint density at radius 3 is 2.71 bits per heavy atom. The van der Waals surface area contributed by atoms with Crippen LogP contribution < -0.4 is 0 Å². The maximum atomic E-state index is 11.0. The van der Waals surface area contributed by atoms with E-state index in [9.17, 15) is 4.79 Å². The Hall–Kier alpha value is -0.900. The van der Waals surface area contributed by atoms with Crippen LogP contribution in [0.15, 0.2) is 22.9 Å². The fourth-order valence-electron chi connectivity index (χ4n) is 1.62. The summed E-state index contributed by atoms with van der Waals surface area (Å²) in [6.07, 6.45) is 3.68. The van der Waals surface area contributed by atoms with Gasteiger partial charge in [-0.05, 0) is 46.3 Å². The van der Waals surface area contributed by atoms with Gasteiger partial charge in [0.25, 0.3) is 0 Å². The van der Waals surface area contributed by atoms with Crippen molar-refractivity contribution in [2.24, 2.45) is 5.92 Å². The summed E-state index contributed by atoms with van der Waals surface area (Å²) < 4.78 is 0.737. The van der Waals surface area contributed by atoms with Crippen molar-refractivity contribution < 1.29 is 9.90 Å². The fourth-order valence-corrected chi connectivity index (χ4v) is 1.85. The molecule has 3 nitrogen and oxygen atoms in total. The summed E-state index contributed by atoms with van der Waals surface area (Å²) in [6.45, 7) is 0. The summed E-state index contributed by atoms with van der Waals surface area (Å²) in [5, 5.41) is 9.07. The molecule has 1 saturated carbocycles. The highest BCUT2D eigenvalue weighted by atomic mass is 79.9. The van der Waals surface area contributed by atoms with E-state index in [-0.39, 0.29) is 5.92 Å². The van der Waals surface area contributed by atoms with Crippen molar-refractivity contribution in [3.8, 4) is 0 Å². The number of carboxylic acids is 1. The lowest BCUT2D eigenvalue weighted by Gasteiger charge is -2.10. The van der Waals surface area contributed by atoms with Crippen LogP contribution in [0.3, 0.4) is 0 Å². The van der Waals surface area contributed by atoms with Crippen molar-refractivity contribution in [1.29, 1.82) is 0 Å². The van der Waals surface area contributed by atoms with Gasteiger partial charge < -0.3 is 5.11 Å². The summed E-state index contributed by atoms with van der Waals surface area (Å²) in [4.78, 5) is 15.1. The number of halogens is 1. The third kappa shape index (κ3) is 1.95. The minimum atomic E-state index is -0.739. The molecule has 1 N–H and O–H groups in total. The summed E-state index contributed by atoms with van der Waals surface area (Å²) >= 11 is 3.23. The number of aromatic nitrogens is 1. The molecule has 0 saturated heterocycles. The molecule has 2 rings (SSSR count). The van der Waals surface area contributed by atoms with E-state index in [4.69, 9.17) is 5.11 Å². The van der Waals surface area contributed by atoms with E-state index in [1.54, 1.807) is 12.3 Å². The third-order valence-corrected chi connectivity index (χ3v) is 2.94. The van der Waals surface area contributed by atoms with Gasteiger partial charge in [0.2, 0.25) is 0 Å². The molecular formula is C10H10BrNO2. The van der Waals surface area contributed by atoms with E-state index in [1.165, 1.54) is 0 Å². The minimum Gasteiger partial charge on any atom is -0.481 e. The van der Waals surface area contributed by atoms with E-state index in [0.717, 1.165) is 23.0 Å². The van der Waals surface area contributed by atoms with Gasteiger partial charge in [-0.15, -0.1) is 0 Å². The van der Waals surface area contributed by atoms with Crippen LogP contribution in [-0.2, 0) is 4.79 Å². The summed E-state index contributed by atoms with van der Waals surface area (Å²) in [6, 6.07) is 3.61. The number of hydrogen-bond donors (Lipinski definition) is 1. The molecule has 0 aromatic carbocycles. The second-order valence-electron chi connectivity index (χ2n) is 3.57. The maximum Gasteiger partial charge on any atom is 0.311 e. The first-order chi connectivity index (χ1) is 6.68. The molecule has 0 radical (unpaired) electrons. The van der Waals surface area contributed by atoms with Crippen molar-refractivity contribution in [3.05, 3.63) is 28.5 Å². The van der Waals surface area contributed by atoms with E-state index >= 15 is 0 Å². The first kappa shape index (κ1) is 9.65. The number of nitrogens with zero attached hydrogens (tertiary/aromatic N) is 1. The second-order valence-corrected chi connectivity index (χ2v) is 4.38. The van der Waals surface area contributed by atoms with Crippen molar-refractivity contribution >= 4 is 21.9 Å². The Kier molecular flexibility index (Phi) is 2.54. The van der Waals surface area contributed by atoms with E-state index in [1.807, 2.05) is 6.07 Å². The first-order valence-electron chi connectivity index (χ1n) is 4.53. The smallest absolute Gasteiger partial charge is 0.311 e. The number of pyridine rings is 1. The summed E-state index contributed by atoms with van der Waals surface area (Å²) in [7, 11) is 0. The van der Waals surface area contributed by atoms with Gasteiger partial charge in [0, 0.05) is 6.20 Å². The molecule has 1 aliphatic carbocycles. The zero-order valence-electron chi connectivity index (χ0n) is 7.48. The van der Waals surface area contributed by atoms with Gasteiger partial charge in [-0.2, -0.15) is 0 Å². The molecular weight excluding hydrogens is 246 g/mol. The van der Waals surface area contributed by atoms with Crippen LogP contribution in [0.4, 0.5) is 0 Å². The van der Waals surface area contributed by atoms with Crippen LogP contribution in [0.1, 0.15) is 24.3 Å². The standard InChI is InChI=1S/C10H10BrNO2/c11-8-4-3-7(5-12-8)9(10(13)14)6-1-2-6/h3-6,9H,1-2H2,(H,13,14). The quantitative estimate of drug-likeness (QED) is 0.845. The Morgan fingerprint density at radius 1 is 1.57 bits per heavy atom. The van der Waals surface area contributed by atoms with E-state index < -0.39 is 5.97 Å². The number of carbonyl (C=O) groups is 1. The predicted octanol–water partition coefficient (Wildman–Crippen LogP) is 2.42. The zero-order valence-corrected chi connectivity index (χ0v) is 9.07. The number of rotatable bonds is 3. The Balaban J connectivity index is 2.26. The van der Waals surface area contributed by atoms with Crippen LogP contribution in [0, 0.1) is 5.92 Å². The summed E-state index contributed by atoms with van der Waals surface area (Å²) in [5.74, 6) is -0.789. The van der Waals surface area contributed by atoms with Crippen molar-refractivity contribution in [2.45, 2.75) is 18.8 Å². The molecule has 1 aliphatic rings. The monoisotopic (exact) mass is 255 g/mol. The number of hydrogen-bond acceptors (Lipinski definition) is 2. The average molecular weight is 256 g/mol. The topological polar surface area (TPSA) is 50.2 Å². The molecule has 1 heterocycles. The van der Waals surface area contributed by atoms with Crippen LogP contribution in [0.5, 0.6) is 0 Å². The highest BCUT2D eigenvalue weighted by Crippen LogP contribution is 2.42. The average Bonchev–Trinajstić information content (AvgIpc) is 2.92. The fraction of sp³-hybridized carbons (Fsp3) is 0.400. The molecule has 4 heteroatoms. The van der Waals surface area contributed by atoms with E-state index in [2.05, 4.69) is 20.9 Å². The van der Waals surface area contributed by atoms with Gasteiger partial charge in [0.05, 0.1) is 5.92 Å². The molecule has 0 spiro atoms. The molecule has 0 aliphatic heterocycles. The molecule has 1 fully saturated rings. The van der Waals surface area contributed by atoms with Crippen LogP contribution in [0.2, 0.25) is 0 Å². The number of aliphatic carboxylic acids is 1. The minimum absolute atomic E-state index is 0.315. The molecule has 1 atom stereocenters. The third-order valence-electron chi connectivity index (χ3n) is 2.47. The molecule has 14 heavy (non-hydrogen) atoms. The number of carboxylic acid groups (broad SMARTS) is 1. The van der Waals surface area contributed by atoms with E-state index in [0.29, 0.717) is 5.92 Å². The lowest BCUT2D eigenvalue weighted by Crippen LogP contribution is -2.13. The Bertz CT molecular complexity index is 346. The highest BCUT2D eigenvalue weighted by Gasteiger charge is 2.37. The molecule has 74 valence electrons. The Labute approximate surface area is 90.3 Å². The molecule has 0 bridgehead atoms. The zero-order chi connectivity index (χ0) is 10.1. The lowest BCUT2D eigenvalue weighted by molar-refractivity contribution is -0.139. The van der Waals surface area contributed by atoms with Gasteiger partial charge in [-0.3, -0.25) is 4.79 Å². The van der Waals surface area contributed by atoms with Gasteiger partial charge in [0.1, 0.15) is 4.60 Å². The molecule has 1 unspecified atom stereocenters. The SMILES string of the molecule is O=C(O)C(c1ccc(Br)nc1)C1CC1. The van der Waals surface area contributed by atoms with Crippen LogP contribution in [0.25, 0.3) is 0 Å². The van der Waals surface area contributed by atoms with Crippen LogP contribution >= 0.6 is 15.9 Å². The molecule has 1 aromatic rings. The predicted molar refractivity (Wildman–Crippen MR) is 55.0 cm³/mol. The van der Waals surface area contributed by atoms with Gasteiger partial charge in [-0.1, -0.05) is 6.07 Å². The second kappa shape index (κ2) is 3.69. The molecule has 1 aromatic heterocycles. The molecule has 0 amide bonds. The highest BCUT2D eigenvalue weighted by molar-refractivity contribution is 9.10. The largest absolute Gasteiger partial charge is 0.481 e. The van der Waals surface area contributed by atoms with Crippen LogP contribution in [-0.4, -0.2) is 16.1 Å². The van der Waals surface area contributed by atoms with Crippen molar-refractivity contribution in [2.75, 3.05) is 0 Å². The van der Waals surface area contributed by atoms with Crippen molar-refractivity contribution in [3.63, 3.8) is 0 Å².